The molecule has 1 aliphatic rings. The molecule has 0 aliphatic carbocycles. The lowest BCUT2D eigenvalue weighted by molar-refractivity contribution is -0.135. The second kappa shape index (κ2) is 12.3. The van der Waals surface area contributed by atoms with Crippen LogP contribution in [-0.4, -0.2) is 39.0 Å². The summed E-state index contributed by atoms with van der Waals surface area (Å²) in [6.07, 6.45) is -0.188. The van der Waals surface area contributed by atoms with Crippen LogP contribution < -0.4 is 4.72 Å². The van der Waals surface area contributed by atoms with Gasteiger partial charge in [-0.3, -0.25) is 0 Å². The minimum Gasteiger partial charge on any atom is -0.598 e. The summed E-state index contributed by atoms with van der Waals surface area (Å²) in [5.74, 6) is 0. The highest BCUT2D eigenvalue weighted by molar-refractivity contribution is 7.99. The van der Waals surface area contributed by atoms with Gasteiger partial charge in [0.15, 0.2) is 0 Å². The van der Waals surface area contributed by atoms with Crippen molar-refractivity contribution in [2.45, 2.75) is 87.0 Å². The fourth-order valence-electron chi connectivity index (χ4n) is 3.63. The first kappa shape index (κ1) is 26.9. The van der Waals surface area contributed by atoms with Crippen molar-refractivity contribution in [1.82, 2.24) is 4.72 Å². The van der Waals surface area contributed by atoms with Gasteiger partial charge in [-0.25, -0.2) is 0 Å². The number of aryl methyl sites for hydroxylation is 1. The number of hydrogen-bond donors (Lipinski definition) is 1. The van der Waals surface area contributed by atoms with Gasteiger partial charge in [0.25, 0.3) is 0 Å². The Hall–Kier alpha value is -1.71. The highest BCUT2D eigenvalue weighted by Gasteiger charge is 2.43. The molecule has 0 aromatic heterocycles. The van der Waals surface area contributed by atoms with E-state index in [1.54, 1.807) is 0 Å². The van der Waals surface area contributed by atoms with Gasteiger partial charge in [-0.15, -0.1) is 4.72 Å². The van der Waals surface area contributed by atoms with Gasteiger partial charge < -0.3 is 14.0 Å². The fraction of sp³-hybridized carbons (Fsp3) is 0.520. The Bertz CT molecular complexity index is 949. The second-order valence-electron chi connectivity index (χ2n) is 9.53. The second-order valence-corrected chi connectivity index (χ2v) is 12.7. The SMILES string of the molecule is Cc1ccc(S[C@@H]2O[C@H]([C@@H](C)N[S+]([O-])C(C)(C)C)[C@@H](OCc3ccccc3)C[C@H]2N=[N+]=[N-])cc1. The Labute approximate surface area is 209 Å². The van der Waals surface area contributed by atoms with Gasteiger partial charge in [-0.05, 0) is 64.3 Å². The molecule has 9 heteroatoms. The molecule has 34 heavy (non-hydrogen) atoms. The first-order chi connectivity index (χ1) is 16.2. The van der Waals surface area contributed by atoms with Crippen molar-refractivity contribution in [3.8, 4) is 0 Å². The summed E-state index contributed by atoms with van der Waals surface area (Å²) in [4.78, 5) is 4.12. The maximum absolute atomic E-state index is 12.8. The van der Waals surface area contributed by atoms with E-state index in [2.05, 4.69) is 14.7 Å². The molecule has 2 aromatic rings. The van der Waals surface area contributed by atoms with Gasteiger partial charge in [-0.1, -0.05) is 64.9 Å². The van der Waals surface area contributed by atoms with Crippen molar-refractivity contribution in [2.24, 2.45) is 5.11 Å². The minimum atomic E-state index is -1.26. The molecule has 1 aliphatic heterocycles. The van der Waals surface area contributed by atoms with E-state index in [0.717, 1.165) is 10.5 Å². The van der Waals surface area contributed by atoms with E-state index in [1.165, 1.54) is 17.3 Å². The van der Waals surface area contributed by atoms with Gasteiger partial charge in [0.05, 0.1) is 24.8 Å². The predicted molar refractivity (Wildman–Crippen MR) is 139 cm³/mol. The molecule has 0 amide bonds. The molecule has 1 heterocycles. The molecule has 184 valence electrons. The van der Waals surface area contributed by atoms with Crippen molar-refractivity contribution in [1.29, 1.82) is 0 Å². The van der Waals surface area contributed by atoms with Crippen LogP contribution >= 0.6 is 11.8 Å². The Morgan fingerprint density at radius 2 is 1.91 bits per heavy atom. The number of rotatable bonds is 9. The molecule has 1 fully saturated rings. The van der Waals surface area contributed by atoms with Crippen LogP contribution in [0.1, 0.15) is 45.2 Å². The first-order valence-corrected chi connectivity index (χ1v) is 13.5. The molecule has 0 bridgehead atoms. The molecule has 3 rings (SSSR count). The number of ether oxygens (including phenoxy) is 2. The number of nitrogens with one attached hydrogen (secondary N) is 1. The van der Waals surface area contributed by atoms with Gasteiger partial charge in [-0.2, -0.15) is 0 Å². The minimum absolute atomic E-state index is 0.242. The summed E-state index contributed by atoms with van der Waals surface area (Å²) in [6.45, 7) is 10.2. The van der Waals surface area contributed by atoms with Crippen LogP contribution in [-0.2, 0) is 27.4 Å². The van der Waals surface area contributed by atoms with E-state index in [9.17, 15) is 10.1 Å². The predicted octanol–water partition coefficient (Wildman–Crippen LogP) is 5.91. The molecule has 0 spiro atoms. The maximum Gasteiger partial charge on any atom is 0.136 e. The first-order valence-electron chi connectivity index (χ1n) is 11.4. The van der Waals surface area contributed by atoms with Gasteiger partial charge in [0.2, 0.25) is 0 Å². The lowest BCUT2D eigenvalue weighted by Crippen LogP contribution is -2.57. The van der Waals surface area contributed by atoms with E-state index >= 15 is 0 Å². The number of benzene rings is 2. The Balaban J connectivity index is 1.81. The van der Waals surface area contributed by atoms with Crippen molar-refractivity contribution in [3.05, 3.63) is 76.2 Å². The average molecular weight is 503 g/mol. The summed E-state index contributed by atoms with van der Waals surface area (Å²) in [7, 11) is 0. The topological polar surface area (TPSA) is 102 Å². The van der Waals surface area contributed by atoms with E-state index in [1.807, 2.05) is 89.2 Å². The smallest absolute Gasteiger partial charge is 0.136 e. The van der Waals surface area contributed by atoms with Crippen LogP contribution in [0.4, 0.5) is 0 Å². The molecular weight excluding hydrogens is 468 g/mol. The number of hydrogen-bond acceptors (Lipinski definition) is 6. The monoisotopic (exact) mass is 502 g/mol. The zero-order valence-electron chi connectivity index (χ0n) is 20.4. The lowest BCUT2D eigenvalue weighted by atomic mass is 9.97. The third-order valence-electron chi connectivity index (χ3n) is 5.57. The Morgan fingerprint density at radius 1 is 1.24 bits per heavy atom. The van der Waals surface area contributed by atoms with E-state index in [-0.39, 0.29) is 23.7 Å². The molecular formula is C25H34N4O3S2. The van der Waals surface area contributed by atoms with Crippen LogP contribution in [0.5, 0.6) is 0 Å². The normalized spacial score (nSPS) is 24.8. The molecule has 6 atom stereocenters. The summed E-state index contributed by atoms with van der Waals surface area (Å²) in [5.41, 5.74) is 11.1. The van der Waals surface area contributed by atoms with Crippen LogP contribution in [0.2, 0.25) is 0 Å². The third kappa shape index (κ3) is 7.65. The molecule has 0 saturated carbocycles. The summed E-state index contributed by atoms with van der Waals surface area (Å²) in [6, 6.07) is 17.5. The highest BCUT2D eigenvalue weighted by atomic mass is 32.2. The maximum atomic E-state index is 12.8. The highest BCUT2D eigenvalue weighted by Crippen LogP contribution is 2.37. The summed E-state index contributed by atoms with van der Waals surface area (Å²) < 4.78 is 28.5. The molecule has 7 nitrogen and oxygen atoms in total. The fourth-order valence-corrected chi connectivity index (χ4v) is 5.53. The van der Waals surface area contributed by atoms with Crippen LogP contribution in [0.25, 0.3) is 10.4 Å². The third-order valence-corrected chi connectivity index (χ3v) is 8.47. The quantitative estimate of drug-likeness (QED) is 0.199. The number of azide groups is 1. The van der Waals surface area contributed by atoms with Crippen LogP contribution in [0.3, 0.4) is 0 Å². The number of thioether (sulfide) groups is 1. The average Bonchev–Trinajstić information content (AvgIpc) is 2.80. The van der Waals surface area contributed by atoms with Crippen molar-refractivity contribution >= 4 is 23.1 Å². The van der Waals surface area contributed by atoms with E-state index < -0.39 is 22.2 Å². The standard InChI is InChI=1S/C25H34N4O3S2/c1-17-11-13-20(14-12-17)33-24-21(27-29-26)15-22(31-16-19-9-7-6-8-10-19)23(32-24)18(2)28-34(30)25(3,4)5/h6-14,18,21-24,28H,15-16H2,1-5H3/t18-,21-,22+,23-,24+,34?/m1/s1. The Morgan fingerprint density at radius 3 is 2.53 bits per heavy atom. The zero-order valence-corrected chi connectivity index (χ0v) is 22.0. The van der Waals surface area contributed by atoms with Crippen molar-refractivity contribution < 1.29 is 14.0 Å². The van der Waals surface area contributed by atoms with Crippen molar-refractivity contribution in [2.75, 3.05) is 0 Å². The summed E-state index contributed by atoms with van der Waals surface area (Å²) in [5, 5.41) is 4.05. The number of nitrogens with zero attached hydrogens (tertiary/aromatic N) is 3. The van der Waals surface area contributed by atoms with E-state index in [4.69, 9.17) is 9.47 Å². The zero-order chi connectivity index (χ0) is 24.7. The van der Waals surface area contributed by atoms with Crippen LogP contribution in [0.15, 0.2) is 64.6 Å². The largest absolute Gasteiger partial charge is 0.598 e. The van der Waals surface area contributed by atoms with Gasteiger partial charge in [0.1, 0.15) is 16.3 Å². The van der Waals surface area contributed by atoms with Crippen molar-refractivity contribution in [3.63, 3.8) is 0 Å². The van der Waals surface area contributed by atoms with E-state index in [0.29, 0.717) is 13.0 Å². The van der Waals surface area contributed by atoms with Crippen LogP contribution in [0, 0.1) is 6.92 Å². The molecule has 1 saturated heterocycles. The Kier molecular flexibility index (Phi) is 9.74. The molecule has 1 N–H and O–H groups in total. The molecule has 2 aromatic carbocycles. The summed E-state index contributed by atoms with van der Waals surface area (Å²) >= 11 is 0.275. The molecule has 1 unspecified atom stereocenters. The van der Waals surface area contributed by atoms with Gasteiger partial charge >= 0.3 is 0 Å². The van der Waals surface area contributed by atoms with Gasteiger partial charge in [0, 0.05) is 21.2 Å². The molecule has 0 radical (unpaired) electrons. The lowest BCUT2D eigenvalue weighted by Gasteiger charge is -2.42.